The summed E-state index contributed by atoms with van der Waals surface area (Å²) < 4.78 is 14.7. The minimum atomic E-state index is -0.651. The molecule has 0 aromatic heterocycles. The quantitative estimate of drug-likeness (QED) is 0.503. The van der Waals surface area contributed by atoms with E-state index < -0.39 is 23.6 Å². The van der Waals surface area contributed by atoms with E-state index in [4.69, 9.17) is 0 Å². The predicted molar refractivity (Wildman–Crippen MR) is 98.4 cm³/mol. The van der Waals surface area contributed by atoms with Crippen LogP contribution in [0.25, 0.3) is 0 Å². The highest BCUT2D eigenvalue weighted by Crippen LogP contribution is 2.47. The van der Waals surface area contributed by atoms with Crippen LogP contribution < -0.4 is 0 Å². The summed E-state index contributed by atoms with van der Waals surface area (Å²) in [7, 11) is 0. The number of phenols is 2. The van der Waals surface area contributed by atoms with Gasteiger partial charge in [-0.15, -0.1) is 0 Å². The molecule has 1 aromatic carbocycles. The van der Waals surface area contributed by atoms with Crippen LogP contribution in [0, 0.1) is 11.7 Å². The van der Waals surface area contributed by atoms with Gasteiger partial charge in [0.25, 0.3) is 0 Å². The first-order chi connectivity index (χ1) is 11.8. The molecule has 1 aliphatic rings. The van der Waals surface area contributed by atoms with Gasteiger partial charge in [0.05, 0.1) is 6.10 Å². The summed E-state index contributed by atoms with van der Waals surface area (Å²) >= 11 is 0. The lowest BCUT2D eigenvalue weighted by Gasteiger charge is -2.34. The Labute approximate surface area is 149 Å². The van der Waals surface area contributed by atoms with E-state index in [1.165, 1.54) is 6.07 Å². The molecule has 4 heteroatoms. The number of aliphatic hydroxyl groups excluding tert-OH is 1. The van der Waals surface area contributed by atoms with Crippen LogP contribution in [-0.2, 0) is 6.42 Å². The molecular formula is C21H29FO3. The van der Waals surface area contributed by atoms with Crippen LogP contribution in [-0.4, -0.2) is 21.4 Å². The van der Waals surface area contributed by atoms with Gasteiger partial charge in [-0.3, -0.25) is 0 Å². The Balaban J connectivity index is 2.47. The second-order valence-electron chi connectivity index (χ2n) is 7.23. The number of allylic oxidation sites excluding steroid dienone is 2. The number of rotatable bonds is 6. The van der Waals surface area contributed by atoms with Gasteiger partial charge in [0.2, 0.25) is 0 Å². The number of aliphatic hydroxyl groups is 1. The third-order valence-electron chi connectivity index (χ3n) is 5.23. The van der Waals surface area contributed by atoms with Gasteiger partial charge in [0, 0.05) is 11.5 Å². The van der Waals surface area contributed by atoms with Crippen LogP contribution in [0.3, 0.4) is 0 Å². The number of benzene rings is 1. The lowest BCUT2D eigenvalue weighted by molar-refractivity contribution is 0.168. The van der Waals surface area contributed by atoms with Crippen molar-refractivity contribution in [2.24, 2.45) is 5.92 Å². The molecule has 1 unspecified atom stereocenters. The third kappa shape index (κ3) is 4.06. The average Bonchev–Trinajstić information content (AvgIpc) is 2.55. The molecule has 0 saturated heterocycles. The van der Waals surface area contributed by atoms with Gasteiger partial charge < -0.3 is 15.3 Å². The van der Waals surface area contributed by atoms with E-state index in [2.05, 4.69) is 13.5 Å². The maximum Gasteiger partial charge on any atom is 0.168 e. The minimum Gasteiger partial charge on any atom is -0.507 e. The molecule has 0 bridgehead atoms. The molecule has 3 nitrogen and oxygen atoms in total. The lowest BCUT2D eigenvalue weighted by atomic mass is 9.72. The fourth-order valence-electron chi connectivity index (χ4n) is 3.65. The second kappa shape index (κ2) is 8.05. The summed E-state index contributed by atoms with van der Waals surface area (Å²) in [5.41, 5.74) is 2.12. The summed E-state index contributed by atoms with van der Waals surface area (Å²) in [5, 5.41) is 31.1. The number of hydrogen-bond donors (Lipinski definition) is 3. The van der Waals surface area contributed by atoms with E-state index in [9.17, 15) is 19.7 Å². The molecule has 0 aliphatic heterocycles. The average molecular weight is 348 g/mol. The maximum absolute atomic E-state index is 14.7. The molecular weight excluding hydrogens is 319 g/mol. The zero-order valence-electron chi connectivity index (χ0n) is 15.3. The Morgan fingerprint density at radius 1 is 1.32 bits per heavy atom. The van der Waals surface area contributed by atoms with E-state index in [0.717, 1.165) is 30.4 Å². The van der Waals surface area contributed by atoms with Gasteiger partial charge in [-0.1, -0.05) is 38.0 Å². The number of hydrogen-bond acceptors (Lipinski definition) is 3. The highest BCUT2D eigenvalue weighted by atomic mass is 19.1. The Morgan fingerprint density at radius 3 is 2.60 bits per heavy atom. The maximum atomic E-state index is 14.7. The second-order valence-corrected chi connectivity index (χ2v) is 7.23. The summed E-state index contributed by atoms with van der Waals surface area (Å²) in [4.78, 5) is 0. The molecule has 0 spiro atoms. The SMILES string of the molecule is C=C(C)[C@@H]1CC(O)C(C)=C[C@H]1c1c(O)cc(CCCCC)c(F)c1O. The number of unbranched alkanes of at least 4 members (excludes halogenated alkanes) is 2. The molecule has 0 amide bonds. The molecule has 0 saturated carbocycles. The largest absolute Gasteiger partial charge is 0.507 e. The van der Waals surface area contributed by atoms with E-state index >= 15 is 0 Å². The van der Waals surface area contributed by atoms with Crippen LogP contribution in [0.1, 0.15) is 63.5 Å². The van der Waals surface area contributed by atoms with Gasteiger partial charge in [-0.25, -0.2) is 4.39 Å². The minimum absolute atomic E-state index is 0.0953. The van der Waals surface area contributed by atoms with Crippen molar-refractivity contribution in [3.8, 4) is 11.5 Å². The topological polar surface area (TPSA) is 60.7 Å². The molecule has 0 heterocycles. The van der Waals surface area contributed by atoms with Crippen molar-refractivity contribution in [3.63, 3.8) is 0 Å². The zero-order chi connectivity index (χ0) is 18.7. The molecule has 3 N–H and O–H groups in total. The molecule has 3 atom stereocenters. The van der Waals surface area contributed by atoms with Gasteiger partial charge in [-0.2, -0.15) is 0 Å². The fourth-order valence-corrected chi connectivity index (χ4v) is 3.65. The summed E-state index contributed by atoms with van der Waals surface area (Å²) in [6, 6.07) is 1.43. The summed E-state index contributed by atoms with van der Waals surface area (Å²) in [6.45, 7) is 9.68. The zero-order valence-corrected chi connectivity index (χ0v) is 15.3. The van der Waals surface area contributed by atoms with Crippen LogP contribution in [0.2, 0.25) is 0 Å². The molecule has 0 fully saturated rings. The third-order valence-corrected chi connectivity index (χ3v) is 5.23. The first-order valence-electron chi connectivity index (χ1n) is 9.02. The monoisotopic (exact) mass is 348 g/mol. The van der Waals surface area contributed by atoms with Crippen LogP contribution >= 0.6 is 0 Å². The Hall–Kier alpha value is -1.81. The summed E-state index contributed by atoms with van der Waals surface area (Å²) in [5.74, 6) is -1.80. The van der Waals surface area contributed by atoms with Gasteiger partial charge in [-0.05, 0) is 56.2 Å². The van der Waals surface area contributed by atoms with E-state index in [1.807, 2.05) is 6.92 Å². The van der Waals surface area contributed by atoms with Crippen molar-refractivity contribution in [2.75, 3.05) is 0 Å². The van der Waals surface area contributed by atoms with Crippen LogP contribution in [0.15, 0.2) is 29.9 Å². The number of halogens is 1. The number of aromatic hydroxyl groups is 2. The standard InChI is InChI=1S/C21H29FO3/c1-5-6-7-8-14-10-18(24)19(21(25)20(14)22)16-9-13(4)17(23)11-15(16)12(2)3/h9-10,15-17,23-25H,2,5-8,11H2,1,3-4H3/t15-,16+,17?/m0/s1. The predicted octanol–water partition coefficient (Wildman–Crippen LogP) is 4.96. The smallest absolute Gasteiger partial charge is 0.168 e. The molecule has 138 valence electrons. The van der Waals surface area contributed by atoms with Gasteiger partial charge in [0.1, 0.15) is 5.75 Å². The van der Waals surface area contributed by atoms with Crippen molar-refractivity contribution < 1.29 is 19.7 Å². The molecule has 0 radical (unpaired) electrons. The highest BCUT2D eigenvalue weighted by molar-refractivity contribution is 5.53. The van der Waals surface area contributed by atoms with Crippen LogP contribution in [0.4, 0.5) is 4.39 Å². The fraction of sp³-hybridized carbons (Fsp3) is 0.524. The first kappa shape index (κ1) is 19.5. The van der Waals surface area contributed by atoms with Gasteiger partial charge in [0.15, 0.2) is 11.6 Å². The van der Waals surface area contributed by atoms with Crippen molar-refractivity contribution in [2.45, 2.75) is 64.9 Å². The Bertz CT molecular complexity index is 678. The lowest BCUT2D eigenvalue weighted by Crippen LogP contribution is -2.26. The first-order valence-corrected chi connectivity index (χ1v) is 9.02. The van der Waals surface area contributed by atoms with Crippen molar-refractivity contribution in [1.82, 2.24) is 0 Å². The van der Waals surface area contributed by atoms with E-state index in [1.54, 1.807) is 13.0 Å². The molecule has 25 heavy (non-hydrogen) atoms. The molecule has 1 aliphatic carbocycles. The van der Waals surface area contributed by atoms with Crippen molar-refractivity contribution >= 4 is 0 Å². The van der Waals surface area contributed by atoms with Crippen molar-refractivity contribution in [3.05, 3.63) is 46.8 Å². The van der Waals surface area contributed by atoms with E-state index in [0.29, 0.717) is 18.4 Å². The highest BCUT2D eigenvalue weighted by Gasteiger charge is 2.34. The van der Waals surface area contributed by atoms with Gasteiger partial charge >= 0.3 is 0 Å². The number of phenolic OH excluding ortho intramolecular Hbond substituents is 2. The Kier molecular flexibility index (Phi) is 6.28. The van der Waals surface area contributed by atoms with E-state index in [-0.39, 0.29) is 17.2 Å². The normalized spacial score (nSPS) is 23.4. The number of aryl methyl sites for hydroxylation is 1. The Morgan fingerprint density at radius 2 is 2.00 bits per heavy atom. The van der Waals surface area contributed by atoms with Crippen LogP contribution in [0.5, 0.6) is 11.5 Å². The van der Waals surface area contributed by atoms with Crippen molar-refractivity contribution in [1.29, 1.82) is 0 Å². The summed E-state index contributed by atoms with van der Waals surface area (Å²) in [6.07, 6.45) is 4.97. The molecule has 1 aromatic rings. The molecule has 2 rings (SSSR count).